The Balaban J connectivity index is 1.98. The number of aliphatic hydroxyl groups is 1. The number of likely N-dealkylation sites (N-methyl/N-ethyl adjacent to an activating group) is 1. The lowest BCUT2D eigenvalue weighted by atomic mass is 10.0. The Hall–Kier alpha value is -2.89. The molecule has 0 aliphatic carbocycles. The molecule has 0 unspecified atom stereocenters. The minimum atomic E-state index is -0.391. The molecule has 0 amide bonds. The van der Waals surface area contributed by atoms with Crippen LogP contribution in [0.2, 0.25) is 0 Å². The Morgan fingerprint density at radius 2 is 1.57 bits per heavy atom. The van der Waals surface area contributed by atoms with Gasteiger partial charge in [0.2, 0.25) is 5.43 Å². The number of rotatable bonds is 8. The van der Waals surface area contributed by atoms with Crippen molar-refractivity contribution in [3.8, 4) is 5.75 Å². The first kappa shape index (κ1) is 19.9. The molecule has 1 heterocycles. The smallest absolute Gasteiger partial charge is 0.223 e. The third-order valence-electron chi connectivity index (χ3n) is 4.58. The molecule has 2 aromatic carbocycles. The van der Waals surface area contributed by atoms with E-state index in [1.54, 1.807) is 6.20 Å². The number of hydrogen-bond acceptors (Lipinski definition) is 4. The lowest BCUT2D eigenvalue weighted by Crippen LogP contribution is -2.23. The van der Waals surface area contributed by atoms with Crippen LogP contribution in [0.5, 0.6) is 5.75 Å². The number of nitrogens with zero attached hydrogens (tertiary/aromatic N) is 2. The molecule has 28 heavy (non-hydrogen) atoms. The Bertz CT molecular complexity index is 898. The highest BCUT2D eigenvalue weighted by molar-refractivity contribution is 5.33. The first-order valence-electron chi connectivity index (χ1n) is 9.34. The number of ether oxygens (including phenoxy) is 1. The fourth-order valence-corrected chi connectivity index (χ4v) is 3.05. The molecule has 5 nitrogen and oxygen atoms in total. The van der Waals surface area contributed by atoms with E-state index < -0.39 is 6.10 Å². The predicted octanol–water partition coefficient (Wildman–Crippen LogP) is 3.07. The number of pyridine rings is 1. The van der Waals surface area contributed by atoms with Crippen molar-refractivity contribution in [1.82, 2.24) is 9.47 Å². The van der Waals surface area contributed by atoms with E-state index in [-0.39, 0.29) is 17.8 Å². The van der Waals surface area contributed by atoms with Crippen molar-refractivity contribution in [1.29, 1.82) is 0 Å². The van der Waals surface area contributed by atoms with Gasteiger partial charge < -0.3 is 19.3 Å². The van der Waals surface area contributed by atoms with E-state index >= 15 is 0 Å². The predicted molar refractivity (Wildman–Crippen MR) is 111 cm³/mol. The van der Waals surface area contributed by atoms with Gasteiger partial charge in [-0.15, -0.1) is 0 Å². The minimum absolute atomic E-state index is 0.191. The maximum absolute atomic E-state index is 12.6. The van der Waals surface area contributed by atoms with Crippen LogP contribution in [0.15, 0.2) is 77.7 Å². The van der Waals surface area contributed by atoms with Crippen LogP contribution in [-0.2, 0) is 13.2 Å². The van der Waals surface area contributed by atoms with Crippen LogP contribution in [0.4, 0.5) is 0 Å². The molecule has 146 valence electrons. The summed E-state index contributed by atoms with van der Waals surface area (Å²) in [5.74, 6) is 0.272. The van der Waals surface area contributed by atoms with Crippen LogP contribution in [0, 0.1) is 0 Å². The molecule has 0 aliphatic rings. The second-order valence-electron chi connectivity index (χ2n) is 6.97. The highest BCUT2D eigenvalue weighted by Gasteiger charge is 2.18. The van der Waals surface area contributed by atoms with Gasteiger partial charge in [0.25, 0.3) is 0 Å². The lowest BCUT2D eigenvalue weighted by molar-refractivity contribution is 0.237. The van der Waals surface area contributed by atoms with Gasteiger partial charge >= 0.3 is 0 Å². The third kappa shape index (κ3) is 4.88. The Morgan fingerprint density at radius 3 is 2.07 bits per heavy atom. The van der Waals surface area contributed by atoms with Crippen LogP contribution >= 0.6 is 0 Å². The van der Waals surface area contributed by atoms with Crippen LogP contribution in [-0.4, -0.2) is 35.2 Å². The number of aliphatic hydroxyl groups excluding tert-OH is 1. The van der Waals surface area contributed by atoms with Crippen LogP contribution in [0.25, 0.3) is 0 Å². The third-order valence-corrected chi connectivity index (χ3v) is 4.58. The summed E-state index contributed by atoms with van der Waals surface area (Å²) in [5.41, 5.74) is 2.29. The SMILES string of the molecule is CN(C)CCn1cc(OC(c2ccccc2)c2ccccc2)c(=O)cc1CO. The molecule has 0 radical (unpaired) electrons. The van der Waals surface area contributed by atoms with Gasteiger partial charge in [0.05, 0.1) is 12.8 Å². The molecule has 1 N–H and O–H groups in total. The maximum Gasteiger partial charge on any atom is 0.223 e. The van der Waals surface area contributed by atoms with Gasteiger partial charge in [-0.05, 0) is 25.2 Å². The van der Waals surface area contributed by atoms with E-state index in [0.717, 1.165) is 17.7 Å². The quantitative estimate of drug-likeness (QED) is 0.655. The van der Waals surface area contributed by atoms with E-state index in [9.17, 15) is 9.90 Å². The first-order valence-corrected chi connectivity index (χ1v) is 9.34. The van der Waals surface area contributed by atoms with E-state index in [1.807, 2.05) is 79.3 Å². The van der Waals surface area contributed by atoms with E-state index in [4.69, 9.17) is 4.74 Å². The molecule has 3 aromatic rings. The monoisotopic (exact) mass is 378 g/mol. The number of hydrogen-bond donors (Lipinski definition) is 1. The fourth-order valence-electron chi connectivity index (χ4n) is 3.05. The summed E-state index contributed by atoms with van der Waals surface area (Å²) in [6.07, 6.45) is 1.31. The zero-order valence-electron chi connectivity index (χ0n) is 16.3. The Labute approximate surface area is 165 Å². The van der Waals surface area contributed by atoms with Crippen LogP contribution in [0.1, 0.15) is 22.9 Å². The zero-order valence-corrected chi connectivity index (χ0v) is 16.3. The van der Waals surface area contributed by atoms with Crippen molar-refractivity contribution in [2.75, 3.05) is 20.6 Å². The normalized spacial score (nSPS) is 11.2. The molecule has 0 saturated heterocycles. The first-order chi connectivity index (χ1) is 13.6. The summed E-state index contributed by atoms with van der Waals surface area (Å²) < 4.78 is 8.11. The summed E-state index contributed by atoms with van der Waals surface area (Å²) in [6, 6.07) is 21.2. The van der Waals surface area contributed by atoms with Gasteiger partial charge in [-0.25, -0.2) is 0 Å². The Morgan fingerprint density at radius 1 is 1.00 bits per heavy atom. The van der Waals surface area contributed by atoms with Gasteiger partial charge in [0.15, 0.2) is 5.75 Å². The van der Waals surface area contributed by atoms with Crippen molar-refractivity contribution in [3.63, 3.8) is 0 Å². The average Bonchev–Trinajstić information content (AvgIpc) is 2.72. The zero-order chi connectivity index (χ0) is 19.9. The molecule has 0 saturated carbocycles. The van der Waals surface area contributed by atoms with Crippen molar-refractivity contribution >= 4 is 0 Å². The molecule has 5 heteroatoms. The van der Waals surface area contributed by atoms with Gasteiger partial charge in [0.1, 0.15) is 6.10 Å². The highest BCUT2D eigenvalue weighted by Crippen LogP contribution is 2.27. The number of aromatic nitrogens is 1. The molecule has 0 fully saturated rings. The molecule has 0 bridgehead atoms. The highest BCUT2D eigenvalue weighted by atomic mass is 16.5. The number of benzene rings is 2. The summed E-state index contributed by atoms with van der Waals surface area (Å²) in [5, 5.41) is 9.62. The molecule has 0 aliphatic heterocycles. The summed E-state index contributed by atoms with van der Waals surface area (Å²) >= 11 is 0. The molecule has 0 atom stereocenters. The average molecular weight is 378 g/mol. The largest absolute Gasteiger partial charge is 0.475 e. The van der Waals surface area contributed by atoms with Crippen molar-refractivity contribution in [2.45, 2.75) is 19.3 Å². The Kier molecular flexibility index (Phi) is 6.63. The van der Waals surface area contributed by atoms with Gasteiger partial charge in [-0.1, -0.05) is 60.7 Å². The van der Waals surface area contributed by atoms with E-state index in [0.29, 0.717) is 12.2 Å². The van der Waals surface area contributed by atoms with Crippen molar-refractivity contribution in [3.05, 3.63) is 100.0 Å². The lowest BCUT2D eigenvalue weighted by Gasteiger charge is -2.22. The molecule has 0 spiro atoms. The molecule has 1 aromatic heterocycles. The summed E-state index contributed by atoms with van der Waals surface area (Å²) in [6.45, 7) is 1.25. The summed E-state index contributed by atoms with van der Waals surface area (Å²) in [4.78, 5) is 14.7. The summed E-state index contributed by atoms with van der Waals surface area (Å²) in [7, 11) is 3.97. The fraction of sp³-hybridized carbons (Fsp3) is 0.261. The van der Waals surface area contributed by atoms with Gasteiger partial charge in [0, 0.05) is 24.8 Å². The van der Waals surface area contributed by atoms with Crippen LogP contribution < -0.4 is 10.2 Å². The van der Waals surface area contributed by atoms with Gasteiger partial charge in [-0.3, -0.25) is 4.79 Å². The van der Waals surface area contributed by atoms with Crippen molar-refractivity contribution < 1.29 is 9.84 Å². The second-order valence-corrected chi connectivity index (χ2v) is 6.97. The second kappa shape index (κ2) is 9.35. The molecule has 3 rings (SSSR count). The molecular formula is C23H26N2O3. The standard InChI is InChI=1S/C23H26N2O3/c1-24(2)13-14-25-16-22(21(27)15-20(25)17-26)28-23(18-9-5-3-6-10-18)19-11-7-4-8-12-19/h3-12,15-16,23,26H,13-14,17H2,1-2H3. The van der Waals surface area contributed by atoms with E-state index in [2.05, 4.69) is 4.90 Å². The maximum atomic E-state index is 12.6. The van der Waals surface area contributed by atoms with Crippen molar-refractivity contribution in [2.24, 2.45) is 0 Å². The van der Waals surface area contributed by atoms with Crippen LogP contribution in [0.3, 0.4) is 0 Å². The van der Waals surface area contributed by atoms with Gasteiger partial charge in [-0.2, -0.15) is 0 Å². The topological polar surface area (TPSA) is 54.7 Å². The molecular weight excluding hydrogens is 352 g/mol. The minimum Gasteiger partial charge on any atom is -0.475 e. The van der Waals surface area contributed by atoms with E-state index in [1.165, 1.54) is 6.07 Å².